The van der Waals surface area contributed by atoms with Gasteiger partial charge in [0.25, 0.3) is 0 Å². The Morgan fingerprint density at radius 1 is 1.00 bits per heavy atom. The maximum absolute atomic E-state index is 5.64. The summed E-state index contributed by atoms with van der Waals surface area (Å²) >= 11 is 12.1. The standard InChI is InChI=1S/C7H6O2S5/c10-7-13-5-6(14-7)12-4-3(11-5)8-1-2-9-4/h3-4H,1-2H2/t3-,4+. The SMILES string of the molecule is S=c1sc2c(s1)S[C@@H]1OCCO[C@@H]1S2. The lowest BCUT2D eigenvalue weighted by atomic mass is 10.6. The van der Waals surface area contributed by atoms with E-state index >= 15 is 0 Å². The summed E-state index contributed by atoms with van der Waals surface area (Å²) < 4.78 is 14.9. The van der Waals surface area contributed by atoms with E-state index in [1.807, 2.05) is 0 Å². The minimum atomic E-state index is 0.154. The van der Waals surface area contributed by atoms with Gasteiger partial charge in [-0.25, -0.2) is 0 Å². The molecule has 1 aromatic heterocycles. The number of ether oxygens (including phenoxy) is 2. The summed E-state index contributed by atoms with van der Waals surface area (Å²) in [6.07, 6.45) is 0. The zero-order valence-electron chi connectivity index (χ0n) is 6.93. The zero-order chi connectivity index (χ0) is 9.54. The number of hydrogen-bond donors (Lipinski definition) is 0. The van der Waals surface area contributed by atoms with Crippen LogP contribution in [0.3, 0.4) is 0 Å². The molecule has 0 saturated carbocycles. The maximum Gasteiger partial charge on any atom is 0.145 e. The molecule has 0 N–H and O–H groups in total. The Labute approximate surface area is 103 Å². The van der Waals surface area contributed by atoms with Crippen molar-refractivity contribution in [2.45, 2.75) is 19.3 Å². The van der Waals surface area contributed by atoms with Crippen LogP contribution in [-0.4, -0.2) is 24.1 Å². The van der Waals surface area contributed by atoms with E-state index in [9.17, 15) is 0 Å². The Morgan fingerprint density at radius 2 is 1.50 bits per heavy atom. The molecule has 2 aliphatic heterocycles. The van der Waals surface area contributed by atoms with Gasteiger partial charge in [0, 0.05) is 0 Å². The minimum Gasteiger partial charge on any atom is -0.361 e. The lowest BCUT2D eigenvalue weighted by Gasteiger charge is -2.33. The minimum absolute atomic E-state index is 0.154. The van der Waals surface area contributed by atoms with Crippen molar-refractivity contribution in [3.63, 3.8) is 0 Å². The lowest BCUT2D eigenvalue weighted by Crippen LogP contribution is -2.35. The Bertz CT molecular complexity index is 363. The average Bonchev–Trinajstić information content (AvgIpc) is 2.53. The van der Waals surface area contributed by atoms with Gasteiger partial charge in [-0.15, -0.1) is 22.7 Å². The molecule has 3 rings (SSSR count). The molecule has 0 spiro atoms. The van der Waals surface area contributed by atoms with Crippen molar-refractivity contribution in [2.24, 2.45) is 0 Å². The summed E-state index contributed by atoms with van der Waals surface area (Å²) in [4.78, 5) is 0. The van der Waals surface area contributed by atoms with Crippen LogP contribution in [0.15, 0.2) is 8.42 Å². The Hall–Kier alpha value is 0.890. The summed E-state index contributed by atoms with van der Waals surface area (Å²) in [6.45, 7) is 1.42. The monoisotopic (exact) mass is 282 g/mol. The molecule has 0 unspecified atom stereocenters. The van der Waals surface area contributed by atoms with Gasteiger partial charge < -0.3 is 9.47 Å². The normalized spacial score (nSPS) is 30.9. The van der Waals surface area contributed by atoms with Crippen LogP contribution < -0.4 is 0 Å². The fraction of sp³-hybridized carbons (Fsp3) is 0.571. The van der Waals surface area contributed by atoms with Crippen molar-refractivity contribution in [3.05, 3.63) is 3.14 Å². The Morgan fingerprint density at radius 3 is 2.00 bits per heavy atom. The van der Waals surface area contributed by atoms with Gasteiger partial charge in [0.2, 0.25) is 0 Å². The highest BCUT2D eigenvalue weighted by molar-refractivity contribution is 8.09. The van der Waals surface area contributed by atoms with E-state index in [0.29, 0.717) is 13.2 Å². The summed E-state index contributed by atoms with van der Waals surface area (Å²) in [6, 6.07) is 0. The van der Waals surface area contributed by atoms with Crippen molar-refractivity contribution in [1.82, 2.24) is 0 Å². The molecular weight excluding hydrogens is 276 g/mol. The van der Waals surface area contributed by atoms with Crippen LogP contribution in [0.25, 0.3) is 0 Å². The highest BCUT2D eigenvalue weighted by Crippen LogP contribution is 2.51. The third-order valence-corrected chi connectivity index (χ3v) is 7.78. The summed E-state index contributed by atoms with van der Waals surface area (Å²) in [5.41, 5.74) is 0.308. The first-order valence-corrected chi connectivity index (χ1v) is 7.83. The topological polar surface area (TPSA) is 18.5 Å². The molecule has 0 aromatic carbocycles. The van der Waals surface area contributed by atoms with E-state index in [4.69, 9.17) is 21.7 Å². The molecule has 1 saturated heterocycles. The van der Waals surface area contributed by atoms with E-state index in [1.165, 1.54) is 8.42 Å². The maximum atomic E-state index is 5.64. The van der Waals surface area contributed by atoms with Crippen LogP contribution in [0, 0.1) is 3.14 Å². The number of rotatable bonds is 0. The first-order valence-electron chi connectivity index (χ1n) is 4.03. The van der Waals surface area contributed by atoms with E-state index < -0.39 is 0 Å². The predicted octanol–water partition coefficient (Wildman–Crippen LogP) is 3.44. The van der Waals surface area contributed by atoms with Crippen LogP contribution in [0.4, 0.5) is 0 Å². The van der Waals surface area contributed by atoms with Crippen molar-refractivity contribution in [1.29, 1.82) is 0 Å². The third-order valence-electron chi connectivity index (χ3n) is 1.83. The second kappa shape index (κ2) is 4.04. The van der Waals surface area contributed by atoms with Gasteiger partial charge in [-0.2, -0.15) is 0 Å². The molecule has 0 aliphatic carbocycles. The van der Waals surface area contributed by atoms with Crippen molar-refractivity contribution >= 4 is 58.4 Å². The lowest BCUT2D eigenvalue weighted by molar-refractivity contribution is -0.0667. The van der Waals surface area contributed by atoms with Crippen molar-refractivity contribution < 1.29 is 9.47 Å². The summed E-state index contributed by atoms with van der Waals surface area (Å²) in [5.74, 6) is 0. The Balaban J connectivity index is 1.94. The number of thioether (sulfide) groups is 2. The zero-order valence-corrected chi connectivity index (χ0v) is 11.0. The van der Waals surface area contributed by atoms with E-state index in [1.54, 1.807) is 46.2 Å². The molecule has 76 valence electrons. The fourth-order valence-electron chi connectivity index (χ4n) is 1.28. The van der Waals surface area contributed by atoms with E-state index in [0.717, 1.165) is 3.14 Å². The molecule has 2 nitrogen and oxygen atoms in total. The van der Waals surface area contributed by atoms with Gasteiger partial charge in [-0.1, -0.05) is 35.7 Å². The van der Waals surface area contributed by atoms with Gasteiger partial charge in [-0.3, -0.25) is 0 Å². The van der Waals surface area contributed by atoms with Gasteiger partial charge in [0.05, 0.1) is 21.6 Å². The van der Waals surface area contributed by atoms with Crippen LogP contribution in [0.2, 0.25) is 0 Å². The van der Waals surface area contributed by atoms with Crippen LogP contribution in [0.1, 0.15) is 0 Å². The molecule has 0 radical (unpaired) electrons. The number of hydrogen-bond acceptors (Lipinski definition) is 7. The van der Waals surface area contributed by atoms with Gasteiger partial charge in [0.1, 0.15) is 14.0 Å². The highest BCUT2D eigenvalue weighted by Gasteiger charge is 2.35. The van der Waals surface area contributed by atoms with E-state index in [2.05, 4.69) is 0 Å². The molecule has 2 aliphatic rings. The first-order chi connectivity index (χ1) is 6.83. The quantitative estimate of drug-likeness (QED) is 0.677. The highest BCUT2D eigenvalue weighted by atomic mass is 32.2. The first kappa shape index (κ1) is 10.1. The molecule has 1 fully saturated rings. The summed E-state index contributed by atoms with van der Waals surface area (Å²) in [5, 5.41) is 0. The van der Waals surface area contributed by atoms with E-state index in [-0.39, 0.29) is 10.9 Å². The average molecular weight is 282 g/mol. The Kier molecular flexibility index (Phi) is 2.91. The van der Waals surface area contributed by atoms with Crippen LogP contribution >= 0.6 is 58.4 Å². The molecule has 0 amide bonds. The molecule has 2 atom stereocenters. The van der Waals surface area contributed by atoms with Gasteiger partial charge >= 0.3 is 0 Å². The van der Waals surface area contributed by atoms with Crippen LogP contribution in [-0.2, 0) is 9.47 Å². The molecule has 1 aromatic rings. The molecule has 0 bridgehead atoms. The van der Waals surface area contributed by atoms with Crippen molar-refractivity contribution in [2.75, 3.05) is 13.2 Å². The van der Waals surface area contributed by atoms with Crippen molar-refractivity contribution in [3.8, 4) is 0 Å². The van der Waals surface area contributed by atoms with Gasteiger partial charge in [0.15, 0.2) is 0 Å². The fourth-order valence-corrected chi connectivity index (χ4v) is 7.73. The third kappa shape index (κ3) is 1.79. The van der Waals surface area contributed by atoms with Crippen LogP contribution in [0.5, 0.6) is 0 Å². The molecule has 7 heteroatoms. The molecular formula is C7H6O2S5. The second-order valence-electron chi connectivity index (χ2n) is 2.74. The summed E-state index contributed by atoms with van der Waals surface area (Å²) in [7, 11) is 0. The smallest absolute Gasteiger partial charge is 0.145 e. The second-order valence-corrected chi connectivity index (χ2v) is 8.70. The predicted molar refractivity (Wildman–Crippen MR) is 64.2 cm³/mol. The molecule has 14 heavy (non-hydrogen) atoms. The van der Waals surface area contributed by atoms with Gasteiger partial charge in [-0.05, 0) is 0 Å². The largest absolute Gasteiger partial charge is 0.361 e. The number of fused-ring (bicyclic) bond motifs is 2. The molecule has 3 heterocycles.